The van der Waals surface area contributed by atoms with E-state index in [2.05, 4.69) is 39.2 Å². The molecule has 0 spiro atoms. The van der Waals surface area contributed by atoms with Crippen LogP contribution in [-0.4, -0.2) is 109 Å². The van der Waals surface area contributed by atoms with Gasteiger partial charge in [0.25, 0.3) is 5.91 Å². The molecule has 3 fully saturated rings. The maximum atomic E-state index is 16.3. The van der Waals surface area contributed by atoms with Crippen molar-refractivity contribution < 1.29 is 62.3 Å². The van der Waals surface area contributed by atoms with Crippen molar-refractivity contribution in [2.75, 3.05) is 13.2 Å². The number of aliphatic hydroxyl groups excluding tert-OH is 1. The van der Waals surface area contributed by atoms with E-state index >= 15 is 4.79 Å². The highest BCUT2D eigenvalue weighted by atomic mass is 28.4. The minimum Gasteiger partial charge on any atom is -0.456 e. The number of hydrogen-bond acceptors (Lipinski definition) is 13. The van der Waals surface area contributed by atoms with Crippen LogP contribution in [0.5, 0.6) is 0 Å². The number of aliphatic hydroxyl groups is 2. The Morgan fingerprint density at radius 2 is 1.47 bits per heavy atom. The molecule has 2 saturated carbocycles. The van der Waals surface area contributed by atoms with E-state index in [1.807, 2.05) is 0 Å². The average molecular weight is 954 g/mol. The molecule has 0 aromatic heterocycles. The van der Waals surface area contributed by atoms with Crippen LogP contribution < -0.4 is 5.32 Å². The Morgan fingerprint density at radius 3 is 2.00 bits per heavy atom. The molecule has 4 aliphatic rings. The van der Waals surface area contributed by atoms with Gasteiger partial charge in [-0.1, -0.05) is 101 Å². The predicted octanol–water partition coefficient (Wildman–Crippen LogP) is 7.24. The summed E-state index contributed by atoms with van der Waals surface area (Å²) < 4.78 is 39.4. The van der Waals surface area contributed by atoms with Gasteiger partial charge in [-0.2, -0.15) is 0 Å². The first-order chi connectivity index (χ1) is 31.9. The van der Waals surface area contributed by atoms with Gasteiger partial charge in [0, 0.05) is 37.4 Å². The van der Waals surface area contributed by atoms with Crippen LogP contribution >= 0.6 is 0 Å². The second kappa shape index (κ2) is 18.7. The number of esters is 3. The SMILES string of the molecule is CCO[C@H]1C(=O)[C@]2(C)[C@@H](O[Si](C)(C)C(C)(C)C)C[C@H]3OC[C@@]3(OC(C)=O)[C@H]2[C@H](OC(=O)c2ccccc2)[C@]2(O)C[C@H](OC(=O)[C@H](O)C(NC(=O)c3ccccc3)c3ccccc3)C(C)=C1C2(C)C. The molecule has 1 amide bonds. The number of ether oxygens (including phenoxy) is 5. The highest BCUT2D eigenvalue weighted by Gasteiger charge is 2.78. The quantitative estimate of drug-likeness (QED) is 0.0673. The van der Waals surface area contributed by atoms with Crippen LogP contribution in [0.4, 0.5) is 0 Å². The molecule has 7 rings (SSSR count). The monoisotopic (exact) mass is 953 g/mol. The van der Waals surface area contributed by atoms with Crippen molar-refractivity contribution >= 4 is 37.9 Å². The molecule has 3 aliphatic carbocycles. The minimum atomic E-state index is -2.74. The number of benzene rings is 3. The van der Waals surface area contributed by atoms with E-state index in [0.29, 0.717) is 22.3 Å². The fourth-order valence-electron chi connectivity index (χ4n) is 10.9. The van der Waals surface area contributed by atoms with E-state index in [1.165, 1.54) is 6.92 Å². The van der Waals surface area contributed by atoms with Crippen LogP contribution in [0, 0.1) is 16.7 Å². The second-order valence-corrected chi connectivity index (χ2v) is 25.8. The standard InChI is InChI=1S/C53H67NO13Si/c1-12-62-42-39-31(2)36(64-48(60)41(56)40(33-22-16-13-17-23-33)54-46(58)34-24-18-14-19-25-34)29-53(61,50(39,7)8)45(65-47(59)35-26-20-15-21-27-35)43-51(9,44(42)57)37(67-68(10,11)49(4,5)6)28-38-52(43,30-63-38)66-32(3)55/h13-27,36-38,40-43,45,56,61H,12,28-30H2,1-11H3,(H,54,58)/t36-,37-,38+,40?,41+,42+,43-,45-,51+,52-,53+/m0/s1. The number of rotatable bonds is 13. The van der Waals surface area contributed by atoms with Gasteiger partial charge < -0.3 is 43.6 Å². The molecule has 366 valence electrons. The lowest BCUT2D eigenvalue weighted by Gasteiger charge is -2.68. The summed E-state index contributed by atoms with van der Waals surface area (Å²) in [7, 11) is -2.74. The van der Waals surface area contributed by atoms with Gasteiger partial charge in [-0.3, -0.25) is 14.4 Å². The van der Waals surface area contributed by atoms with Gasteiger partial charge >= 0.3 is 17.9 Å². The zero-order chi connectivity index (χ0) is 49.8. The predicted molar refractivity (Wildman–Crippen MR) is 254 cm³/mol. The number of fused-ring (bicyclic) bond motifs is 5. The number of Topliss-reactive ketones (excluding diaryl/α,β-unsaturated/α-hetero) is 1. The molecule has 15 heteroatoms. The lowest BCUT2D eigenvalue weighted by atomic mass is 9.44. The molecule has 1 saturated heterocycles. The smallest absolute Gasteiger partial charge is 0.338 e. The number of carbonyl (C=O) groups is 5. The summed E-state index contributed by atoms with van der Waals surface area (Å²) in [4.78, 5) is 72.5. The number of nitrogens with one attached hydrogen (secondary N) is 1. The van der Waals surface area contributed by atoms with Gasteiger partial charge in [0.05, 0.1) is 35.6 Å². The van der Waals surface area contributed by atoms with Crippen LogP contribution in [0.2, 0.25) is 18.1 Å². The Kier molecular flexibility index (Phi) is 14.0. The van der Waals surface area contributed by atoms with Gasteiger partial charge in [-0.05, 0) is 79.9 Å². The molecular weight excluding hydrogens is 887 g/mol. The van der Waals surface area contributed by atoms with E-state index in [4.69, 9.17) is 28.1 Å². The van der Waals surface area contributed by atoms with Crippen LogP contribution in [0.3, 0.4) is 0 Å². The average Bonchev–Trinajstić information content (AvgIpc) is 3.28. The highest BCUT2D eigenvalue weighted by molar-refractivity contribution is 6.74. The largest absolute Gasteiger partial charge is 0.456 e. The molecule has 0 radical (unpaired) electrons. The fraction of sp³-hybridized carbons (Fsp3) is 0.528. The first kappa shape index (κ1) is 50.8. The third-order valence-corrected chi connectivity index (χ3v) is 20.2. The molecule has 11 atom stereocenters. The summed E-state index contributed by atoms with van der Waals surface area (Å²) >= 11 is 0. The van der Waals surface area contributed by atoms with Crippen LogP contribution in [0.25, 0.3) is 0 Å². The molecule has 14 nitrogen and oxygen atoms in total. The summed E-state index contributed by atoms with van der Waals surface area (Å²) in [5.41, 5.74) is -5.50. The van der Waals surface area contributed by atoms with E-state index in [9.17, 15) is 29.4 Å². The molecule has 3 aromatic rings. The highest BCUT2D eigenvalue weighted by Crippen LogP contribution is 2.65. The van der Waals surface area contributed by atoms with E-state index in [-0.39, 0.29) is 30.2 Å². The number of ketones is 1. The van der Waals surface area contributed by atoms with Gasteiger partial charge in [-0.25, -0.2) is 9.59 Å². The molecule has 1 unspecified atom stereocenters. The summed E-state index contributed by atoms with van der Waals surface area (Å²) in [6, 6.07) is 23.8. The van der Waals surface area contributed by atoms with Crippen molar-refractivity contribution in [2.45, 2.75) is 147 Å². The maximum Gasteiger partial charge on any atom is 0.338 e. The first-order valence-electron chi connectivity index (χ1n) is 23.5. The van der Waals surface area contributed by atoms with Gasteiger partial charge in [0.2, 0.25) is 0 Å². The van der Waals surface area contributed by atoms with Crippen molar-refractivity contribution in [3.63, 3.8) is 0 Å². The van der Waals surface area contributed by atoms with Crippen molar-refractivity contribution in [3.8, 4) is 0 Å². The lowest BCUT2D eigenvalue weighted by molar-refractivity contribution is -0.345. The van der Waals surface area contributed by atoms with E-state index < -0.39 is 115 Å². The number of carbonyl (C=O) groups excluding carboxylic acids is 5. The van der Waals surface area contributed by atoms with Gasteiger partial charge in [-0.15, -0.1) is 0 Å². The first-order valence-corrected chi connectivity index (χ1v) is 26.4. The van der Waals surface area contributed by atoms with Crippen LogP contribution in [0.1, 0.15) is 107 Å². The van der Waals surface area contributed by atoms with Gasteiger partial charge in [0.15, 0.2) is 25.8 Å². The summed E-state index contributed by atoms with van der Waals surface area (Å²) in [5, 5.41) is 28.5. The topological polar surface area (TPSA) is 193 Å². The minimum absolute atomic E-state index is 0.0481. The molecule has 3 aromatic carbocycles. The fourth-order valence-corrected chi connectivity index (χ4v) is 12.3. The maximum absolute atomic E-state index is 16.3. The van der Waals surface area contributed by atoms with Crippen molar-refractivity contribution in [1.29, 1.82) is 0 Å². The summed E-state index contributed by atoms with van der Waals surface area (Å²) in [6.07, 6.45) is -8.41. The lowest BCUT2D eigenvalue weighted by Crippen LogP contribution is -2.82. The Bertz CT molecular complexity index is 2420. The molecule has 1 aliphatic heterocycles. The van der Waals surface area contributed by atoms with Crippen molar-refractivity contribution in [1.82, 2.24) is 5.32 Å². The molecular formula is C53H67NO13Si. The normalized spacial score (nSPS) is 30.8. The Hall–Kier alpha value is -5.03. The third kappa shape index (κ3) is 8.68. The molecule has 3 N–H and O–H groups in total. The molecule has 1 heterocycles. The van der Waals surface area contributed by atoms with Crippen LogP contribution in [0.15, 0.2) is 102 Å². The zero-order valence-electron chi connectivity index (χ0n) is 41.0. The molecule has 68 heavy (non-hydrogen) atoms. The van der Waals surface area contributed by atoms with Crippen molar-refractivity contribution in [3.05, 3.63) is 119 Å². The number of hydrogen-bond donors (Lipinski definition) is 3. The van der Waals surface area contributed by atoms with Crippen molar-refractivity contribution in [2.24, 2.45) is 16.7 Å². The third-order valence-electron chi connectivity index (χ3n) is 15.7. The second-order valence-electron chi connectivity index (χ2n) is 21.1. The van der Waals surface area contributed by atoms with E-state index in [0.717, 1.165) is 0 Å². The number of amides is 1. The van der Waals surface area contributed by atoms with Crippen LogP contribution in [-0.2, 0) is 42.5 Å². The summed E-state index contributed by atoms with van der Waals surface area (Å²) in [6.45, 7) is 20.2. The van der Waals surface area contributed by atoms with E-state index in [1.54, 1.807) is 126 Å². The Labute approximate surface area is 400 Å². The Balaban J connectivity index is 1.42. The zero-order valence-corrected chi connectivity index (χ0v) is 42.0. The van der Waals surface area contributed by atoms with Gasteiger partial charge in [0.1, 0.15) is 30.0 Å². The molecule has 2 bridgehead atoms. The Morgan fingerprint density at radius 1 is 0.897 bits per heavy atom. The summed E-state index contributed by atoms with van der Waals surface area (Å²) in [5.74, 6) is -4.97.